The highest BCUT2D eigenvalue weighted by molar-refractivity contribution is 5.89. The molecule has 0 unspecified atom stereocenters. The highest BCUT2D eigenvalue weighted by atomic mass is 16.2. The SMILES string of the molecule is Cc1cccc(NC(=O)Cn2nc(C)ccc2=O)n1. The number of anilines is 1. The molecule has 6 heteroatoms. The second-order valence-corrected chi connectivity index (χ2v) is 4.18. The van der Waals surface area contributed by atoms with Crippen LogP contribution >= 0.6 is 0 Å². The first-order valence-electron chi connectivity index (χ1n) is 5.83. The molecule has 1 amide bonds. The molecule has 0 spiro atoms. The van der Waals surface area contributed by atoms with Crippen LogP contribution in [0, 0.1) is 13.8 Å². The summed E-state index contributed by atoms with van der Waals surface area (Å²) in [6, 6.07) is 8.33. The zero-order valence-electron chi connectivity index (χ0n) is 10.8. The Kier molecular flexibility index (Phi) is 3.70. The largest absolute Gasteiger partial charge is 0.309 e. The van der Waals surface area contributed by atoms with Crippen LogP contribution in [-0.2, 0) is 11.3 Å². The van der Waals surface area contributed by atoms with Gasteiger partial charge >= 0.3 is 0 Å². The highest BCUT2D eigenvalue weighted by Crippen LogP contribution is 2.03. The van der Waals surface area contributed by atoms with Crippen LogP contribution in [0.2, 0.25) is 0 Å². The average Bonchev–Trinajstić information content (AvgIpc) is 2.34. The lowest BCUT2D eigenvalue weighted by Crippen LogP contribution is -2.29. The van der Waals surface area contributed by atoms with E-state index in [1.165, 1.54) is 6.07 Å². The number of nitrogens with one attached hydrogen (secondary N) is 1. The van der Waals surface area contributed by atoms with Crippen molar-refractivity contribution in [2.45, 2.75) is 20.4 Å². The molecule has 0 saturated carbocycles. The van der Waals surface area contributed by atoms with E-state index in [0.717, 1.165) is 10.4 Å². The van der Waals surface area contributed by atoms with Gasteiger partial charge in [0.05, 0.1) is 5.69 Å². The lowest BCUT2D eigenvalue weighted by molar-refractivity contribution is -0.117. The number of aryl methyl sites for hydroxylation is 2. The van der Waals surface area contributed by atoms with Crippen LogP contribution in [-0.4, -0.2) is 20.7 Å². The van der Waals surface area contributed by atoms with Gasteiger partial charge in [0.25, 0.3) is 5.56 Å². The van der Waals surface area contributed by atoms with Crippen molar-refractivity contribution < 1.29 is 4.79 Å². The van der Waals surface area contributed by atoms with Crippen LogP contribution in [0.3, 0.4) is 0 Å². The van der Waals surface area contributed by atoms with Crippen molar-refractivity contribution in [2.75, 3.05) is 5.32 Å². The van der Waals surface area contributed by atoms with Gasteiger partial charge in [0.15, 0.2) is 0 Å². The second kappa shape index (κ2) is 5.43. The molecule has 19 heavy (non-hydrogen) atoms. The summed E-state index contributed by atoms with van der Waals surface area (Å²) in [5, 5.41) is 6.62. The number of rotatable bonds is 3. The van der Waals surface area contributed by atoms with Gasteiger partial charge in [0.2, 0.25) is 5.91 Å². The predicted molar refractivity (Wildman–Crippen MR) is 70.8 cm³/mol. The summed E-state index contributed by atoms with van der Waals surface area (Å²) in [7, 11) is 0. The highest BCUT2D eigenvalue weighted by Gasteiger charge is 2.07. The molecule has 0 atom stereocenters. The van der Waals surface area contributed by atoms with Crippen molar-refractivity contribution in [1.29, 1.82) is 0 Å². The second-order valence-electron chi connectivity index (χ2n) is 4.18. The van der Waals surface area contributed by atoms with Crippen LogP contribution in [0.25, 0.3) is 0 Å². The minimum atomic E-state index is -0.335. The van der Waals surface area contributed by atoms with E-state index in [1.54, 1.807) is 25.1 Å². The van der Waals surface area contributed by atoms with Gasteiger partial charge in [-0.15, -0.1) is 0 Å². The van der Waals surface area contributed by atoms with Crippen molar-refractivity contribution in [3.05, 3.63) is 52.1 Å². The Morgan fingerprint density at radius 3 is 2.74 bits per heavy atom. The molecule has 0 aromatic carbocycles. The van der Waals surface area contributed by atoms with E-state index in [1.807, 2.05) is 13.0 Å². The number of carbonyl (C=O) groups excluding carboxylic acids is 1. The number of carbonyl (C=O) groups is 1. The fourth-order valence-electron chi connectivity index (χ4n) is 1.60. The minimum absolute atomic E-state index is 0.129. The number of nitrogens with zero attached hydrogens (tertiary/aromatic N) is 3. The van der Waals surface area contributed by atoms with Crippen molar-refractivity contribution in [3.8, 4) is 0 Å². The molecule has 1 N–H and O–H groups in total. The van der Waals surface area contributed by atoms with Gasteiger partial charge in [-0.2, -0.15) is 5.10 Å². The van der Waals surface area contributed by atoms with Crippen LogP contribution in [0.4, 0.5) is 5.82 Å². The molecular formula is C13H14N4O2. The summed E-state index contributed by atoms with van der Waals surface area (Å²) >= 11 is 0. The fourth-order valence-corrected chi connectivity index (χ4v) is 1.60. The van der Waals surface area contributed by atoms with Crippen molar-refractivity contribution in [3.63, 3.8) is 0 Å². The molecule has 2 aromatic rings. The number of hydrogen-bond acceptors (Lipinski definition) is 4. The molecule has 0 aliphatic heterocycles. The van der Waals surface area contributed by atoms with E-state index in [0.29, 0.717) is 11.5 Å². The predicted octanol–water partition coefficient (Wildman–Crippen LogP) is 0.894. The summed E-state index contributed by atoms with van der Waals surface area (Å²) in [5.74, 6) is 0.129. The molecule has 0 fully saturated rings. The van der Waals surface area contributed by atoms with E-state index < -0.39 is 0 Å². The van der Waals surface area contributed by atoms with E-state index in [9.17, 15) is 9.59 Å². The Hall–Kier alpha value is -2.50. The van der Waals surface area contributed by atoms with Crippen LogP contribution < -0.4 is 10.9 Å². The molecule has 2 heterocycles. The number of pyridine rings is 1. The summed E-state index contributed by atoms with van der Waals surface area (Å²) in [4.78, 5) is 27.5. The summed E-state index contributed by atoms with van der Waals surface area (Å²) in [5.41, 5.74) is 1.18. The Bertz CT molecular complexity index is 664. The first kappa shape index (κ1) is 12.9. The minimum Gasteiger partial charge on any atom is -0.309 e. The monoisotopic (exact) mass is 258 g/mol. The molecule has 0 saturated heterocycles. The summed E-state index contributed by atoms with van der Waals surface area (Å²) in [6.45, 7) is 3.47. The Morgan fingerprint density at radius 1 is 1.21 bits per heavy atom. The van der Waals surface area contributed by atoms with Crippen molar-refractivity contribution in [1.82, 2.24) is 14.8 Å². The lowest BCUT2D eigenvalue weighted by Gasteiger charge is -2.06. The quantitative estimate of drug-likeness (QED) is 0.887. The molecular weight excluding hydrogens is 244 g/mol. The zero-order valence-corrected chi connectivity index (χ0v) is 10.8. The summed E-state index contributed by atoms with van der Waals surface area (Å²) < 4.78 is 1.13. The maximum Gasteiger partial charge on any atom is 0.267 e. The van der Waals surface area contributed by atoms with Gasteiger partial charge in [-0.1, -0.05) is 6.07 Å². The first-order valence-corrected chi connectivity index (χ1v) is 5.83. The van der Waals surface area contributed by atoms with Gasteiger partial charge in [-0.3, -0.25) is 9.59 Å². The van der Waals surface area contributed by atoms with Gasteiger partial charge in [-0.05, 0) is 32.0 Å². The third-order valence-electron chi connectivity index (χ3n) is 2.45. The van der Waals surface area contributed by atoms with E-state index in [2.05, 4.69) is 15.4 Å². The molecule has 0 aliphatic rings. The maximum atomic E-state index is 11.8. The number of aromatic nitrogens is 3. The van der Waals surface area contributed by atoms with E-state index >= 15 is 0 Å². The maximum absolute atomic E-state index is 11.8. The number of hydrogen-bond donors (Lipinski definition) is 1. The van der Waals surface area contributed by atoms with Gasteiger partial charge in [-0.25, -0.2) is 9.67 Å². The molecule has 6 nitrogen and oxygen atoms in total. The normalized spacial score (nSPS) is 10.2. The zero-order chi connectivity index (χ0) is 13.8. The molecule has 0 bridgehead atoms. The first-order chi connectivity index (χ1) is 9.04. The topological polar surface area (TPSA) is 76.9 Å². The lowest BCUT2D eigenvalue weighted by atomic mass is 10.3. The molecule has 2 rings (SSSR count). The fraction of sp³-hybridized carbons (Fsp3) is 0.231. The molecule has 98 valence electrons. The van der Waals surface area contributed by atoms with Gasteiger partial charge in [0, 0.05) is 11.8 Å². The van der Waals surface area contributed by atoms with Crippen LogP contribution in [0.1, 0.15) is 11.4 Å². The third-order valence-corrected chi connectivity index (χ3v) is 2.45. The smallest absolute Gasteiger partial charge is 0.267 e. The van der Waals surface area contributed by atoms with Crippen molar-refractivity contribution >= 4 is 11.7 Å². The van der Waals surface area contributed by atoms with Crippen molar-refractivity contribution in [2.24, 2.45) is 0 Å². The standard InChI is InChI=1S/C13H14N4O2/c1-9-4-3-5-11(14-9)15-12(18)8-17-13(19)7-6-10(2)16-17/h3-7H,8H2,1-2H3,(H,14,15,18). The van der Waals surface area contributed by atoms with Gasteiger partial charge in [0.1, 0.15) is 12.4 Å². The molecule has 0 aliphatic carbocycles. The van der Waals surface area contributed by atoms with E-state index in [-0.39, 0.29) is 18.0 Å². The average molecular weight is 258 g/mol. The molecule has 2 aromatic heterocycles. The molecule has 0 radical (unpaired) electrons. The Morgan fingerprint density at radius 2 is 2.00 bits per heavy atom. The summed E-state index contributed by atoms with van der Waals surface area (Å²) in [6.07, 6.45) is 0. The third kappa shape index (κ3) is 3.48. The Labute approximate surface area is 110 Å². The van der Waals surface area contributed by atoms with E-state index in [4.69, 9.17) is 0 Å². The van der Waals surface area contributed by atoms with Crippen LogP contribution in [0.15, 0.2) is 35.1 Å². The van der Waals surface area contributed by atoms with Crippen LogP contribution in [0.5, 0.6) is 0 Å². The van der Waals surface area contributed by atoms with Gasteiger partial charge < -0.3 is 5.32 Å². The number of amides is 1. The Balaban J connectivity index is 2.09.